The number of H-pyrrole nitrogens is 1. The van der Waals surface area contributed by atoms with E-state index in [1.54, 1.807) is 0 Å². The lowest BCUT2D eigenvalue weighted by Crippen LogP contribution is -2.14. The first-order chi connectivity index (χ1) is 8.05. The highest BCUT2D eigenvalue weighted by Crippen LogP contribution is 2.29. The Hall–Kier alpha value is -1.80. The number of para-hydroxylation sites is 1. The molecule has 0 aliphatic carbocycles. The molecule has 0 radical (unpaired) electrons. The van der Waals surface area contributed by atoms with Crippen LogP contribution in [0.5, 0.6) is 0 Å². The van der Waals surface area contributed by atoms with E-state index in [1.165, 1.54) is 10.8 Å². The van der Waals surface area contributed by atoms with E-state index in [0.717, 1.165) is 16.6 Å². The summed E-state index contributed by atoms with van der Waals surface area (Å²) in [5.41, 5.74) is 2.39. The van der Waals surface area contributed by atoms with Gasteiger partial charge in [-0.15, -0.1) is 0 Å². The third-order valence-corrected chi connectivity index (χ3v) is 3.21. The second-order valence-electron chi connectivity index (χ2n) is 4.99. The highest BCUT2D eigenvalue weighted by molar-refractivity contribution is 6.07. The van der Waals surface area contributed by atoms with Crippen molar-refractivity contribution in [2.24, 2.45) is 0 Å². The van der Waals surface area contributed by atoms with Gasteiger partial charge in [0.1, 0.15) is 0 Å². The van der Waals surface area contributed by atoms with Gasteiger partial charge < -0.3 is 10.1 Å². The molecule has 3 rings (SSSR count). The monoisotopic (exact) mass is 225 g/mol. The van der Waals surface area contributed by atoms with Gasteiger partial charge in [0.05, 0.1) is 5.60 Å². The summed E-state index contributed by atoms with van der Waals surface area (Å²) in [6.45, 7) is 3.62. The van der Waals surface area contributed by atoms with Gasteiger partial charge >= 0.3 is 0 Å². The Labute approximate surface area is 99.9 Å². The lowest BCUT2D eigenvalue weighted by Gasteiger charge is -2.17. The van der Waals surface area contributed by atoms with E-state index in [2.05, 4.69) is 23.2 Å². The molecule has 0 atom stereocenters. The molecule has 86 valence electrons. The molecule has 2 heteroatoms. The second kappa shape index (κ2) is 3.34. The Bertz CT molecular complexity index is 689. The van der Waals surface area contributed by atoms with Crippen LogP contribution < -0.4 is 0 Å². The van der Waals surface area contributed by atoms with Crippen molar-refractivity contribution >= 4 is 21.8 Å². The molecule has 3 aromatic rings. The molecule has 1 aromatic heterocycles. The summed E-state index contributed by atoms with van der Waals surface area (Å²) in [6, 6.07) is 14.3. The zero-order valence-electron chi connectivity index (χ0n) is 9.99. The zero-order valence-corrected chi connectivity index (χ0v) is 9.99. The van der Waals surface area contributed by atoms with Crippen LogP contribution in [-0.4, -0.2) is 10.1 Å². The summed E-state index contributed by atoms with van der Waals surface area (Å²) < 4.78 is 0. The predicted molar refractivity (Wildman–Crippen MR) is 71.0 cm³/mol. The summed E-state index contributed by atoms with van der Waals surface area (Å²) >= 11 is 0. The van der Waals surface area contributed by atoms with Gasteiger partial charge in [-0.25, -0.2) is 0 Å². The molecule has 0 bridgehead atoms. The molecule has 1 heterocycles. The van der Waals surface area contributed by atoms with Crippen LogP contribution in [0, 0.1) is 0 Å². The first kappa shape index (κ1) is 10.4. The van der Waals surface area contributed by atoms with Crippen LogP contribution in [0.3, 0.4) is 0 Å². The van der Waals surface area contributed by atoms with E-state index in [1.807, 2.05) is 38.1 Å². The van der Waals surface area contributed by atoms with Gasteiger partial charge in [0.15, 0.2) is 0 Å². The molecule has 0 saturated heterocycles. The van der Waals surface area contributed by atoms with Crippen molar-refractivity contribution in [1.29, 1.82) is 0 Å². The summed E-state index contributed by atoms with van der Waals surface area (Å²) in [5.74, 6) is 0. The van der Waals surface area contributed by atoms with E-state index in [-0.39, 0.29) is 0 Å². The molecular weight excluding hydrogens is 210 g/mol. The first-order valence-corrected chi connectivity index (χ1v) is 5.79. The van der Waals surface area contributed by atoms with E-state index >= 15 is 0 Å². The van der Waals surface area contributed by atoms with Crippen LogP contribution in [0.4, 0.5) is 0 Å². The fourth-order valence-corrected chi connectivity index (χ4v) is 2.23. The zero-order chi connectivity index (χ0) is 12.0. The Kier molecular flexibility index (Phi) is 2.04. The van der Waals surface area contributed by atoms with Crippen molar-refractivity contribution in [3.8, 4) is 0 Å². The summed E-state index contributed by atoms with van der Waals surface area (Å²) in [5, 5.41) is 12.4. The quantitative estimate of drug-likeness (QED) is 0.652. The minimum Gasteiger partial charge on any atom is -0.386 e. The molecule has 0 saturated carbocycles. The Morgan fingerprint density at radius 3 is 2.41 bits per heavy atom. The number of nitrogens with one attached hydrogen (secondary N) is 1. The number of hydrogen-bond donors (Lipinski definition) is 2. The van der Waals surface area contributed by atoms with Crippen LogP contribution >= 0.6 is 0 Å². The molecule has 2 aromatic carbocycles. The number of fused-ring (bicyclic) bond motifs is 3. The predicted octanol–water partition coefficient (Wildman–Crippen LogP) is 3.55. The fourth-order valence-electron chi connectivity index (χ4n) is 2.23. The van der Waals surface area contributed by atoms with Crippen molar-refractivity contribution < 1.29 is 5.11 Å². The largest absolute Gasteiger partial charge is 0.386 e. The summed E-state index contributed by atoms with van der Waals surface area (Å²) in [7, 11) is 0. The number of aliphatic hydroxyl groups is 1. The molecular formula is C15H15NO. The van der Waals surface area contributed by atoms with Gasteiger partial charge in [-0.2, -0.15) is 0 Å². The Morgan fingerprint density at radius 2 is 1.65 bits per heavy atom. The van der Waals surface area contributed by atoms with Crippen molar-refractivity contribution in [3.63, 3.8) is 0 Å². The van der Waals surface area contributed by atoms with Gasteiger partial charge in [0.2, 0.25) is 0 Å². The average Bonchev–Trinajstić information content (AvgIpc) is 2.65. The lowest BCUT2D eigenvalue weighted by molar-refractivity contribution is 0.0787. The SMILES string of the molecule is CC(C)(O)c1ccc2[nH]c3ccccc3c2c1. The molecule has 0 aliphatic heterocycles. The van der Waals surface area contributed by atoms with Crippen molar-refractivity contribution in [2.45, 2.75) is 19.4 Å². The maximum Gasteiger partial charge on any atom is 0.0840 e. The standard InChI is InChI=1S/C15H15NO/c1-15(2,17)10-7-8-14-12(9-10)11-5-3-4-6-13(11)16-14/h3-9,16-17H,1-2H3. The average molecular weight is 225 g/mol. The third kappa shape index (κ3) is 1.61. The summed E-state index contributed by atoms with van der Waals surface area (Å²) in [6.07, 6.45) is 0. The van der Waals surface area contributed by atoms with E-state index in [4.69, 9.17) is 0 Å². The number of hydrogen-bond acceptors (Lipinski definition) is 1. The van der Waals surface area contributed by atoms with Crippen molar-refractivity contribution in [3.05, 3.63) is 48.0 Å². The minimum atomic E-state index is -0.799. The molecule has 0 unspecified atom stereocenters. The molecule has 0 spiro atoms. The van der Waals surface area contributed by atoms with Crippen LogP contribution in [0.1, 0.15) is 19.4 Å². The van der Waals surface area contributed by atoms with Crippen LogP contribution in [0.25, 0.3) is 21.8 Å². The van der Waals surface area contributed by atoms with Crippen molar-refractivity contribution in [2.75, 3.05) is 0 Å². The Balaban J connectivity index is 2.38. The lowest BCUT2D eigenvalue weighted by atomic mass is 9.96. The molecule has 17 heavy (non-hydrogen) atoms. The minimum absolute atomic E-state index is 0.799. The number of aromatic nitrogens is 1. The maximum atomic E-state index is 10.0. The van der Waals surface area contributed by atoms with Gasteiger partial charge in [-0.1, -0.05) is 24.3 Å². The van der Waals surface area contributed by atoms with Crippen molar-refractivity contribution in [1.82, 2.24) is 4.98 Å². The topological polar surface area (TPSA) is 36.0 Å². The molecule has 2 nitrogen and oxygen atoms in total. The highest BCUT2D eigenvalue weighted by Gasteiger charge is 2.16. The van der Waals surface area contributed by atoms with E-state index < -0.39 is 5.60 Å². The third-order valence-electron chi connectivity index (χ3n) is 3.21. The van der Waals surface area contributed by atoms with E-state index in [9.17, 15) is 5.11 Å². The van der Waals surface area contributed by atoms with Gasteiger partial charge in [-0.05, 0) is 37.6 Å². The number of aromatic amines is 1. The van der Waals surface area contributed by atoms with E-state index in [0.29, 0.717) is 0 Å². The number of benzene rings is 2. The molecule has 0 aliphatic rings. The van der Waals surface area contributed by atoms with Crippen LogP contribution in [0.2, 0.25) is 0 Å². The van der Waals surface area contributed by atoms with Gasteiger partial charge in [0, 0.05) is 21.8 Å². The van der Waals surface area contributed by atoms with Gasteiger partial charge in [-0.3, -0.25) is 0 Å². The van der Waals surface area contributed by atoms with Crippen LogP contribution in [0.15, 0.2) is 42.5 Å². The summed E-state index contributed by atoms with van der Waals surface area (Å²) in [4.78, 5) is 3.37. The smallest absolute Gasteiger partial charge is 0.0840 e. The first-order valence-electron chi connectivity index (χ1n) is 5.79. The Morgan fingerprint density at radius 1 is 0.941 bits per heavy atom. The maximum absolute atomic E-state index is 10.0. The molecule has 0 fully saturated rings. The molecule has 0 amide bonds. The highest BCUT2D eigenvalue weighted by atomic mass is 16.3. The fraction of sp³-hybridized carbons (Fsp3) is 0.200. The number of rotatable bonds is 1. The van der Waals surface area contributed by atoms with Gasteiger partial charge in [0.25, 0.3) is 0 Å². The second-order valence-corrected chi connectivity index (χ2v) is 4.99. The normalized spacial score (nSPS) is 12.4. The van der Waals surface area contributed by atoms with Crippen LogP contribution in [-0.2, 0) is 5.60 Å². The molecule has 2 N–H and O–H groups in total.